The molecule has 1 unspecified atom stereocenters. The molecule has 2 saturated heterocycles. The van der Waals surface area contributed by atoms with Crippen LogP contribution < -0.4 is 0 Å². The molecule has 148 valence electrons. The lowest BCUT2D eigenvalue weighted by Gasteiger charge is -2.48. The standard InChI is InChI=1S/C20H35N3O3/c1-19(2,3)15-26-18(25)23-12-11-21(4)20(14-23)8-7-17(24)22(10-9-20)13-16-5-6-16/h16H,5-15H2,1-4H3. The van der Waals surface area contributed by atoms with Crippen molar-refractivity contribution in [3.63, 3.8) is 0 Å². The number of hydrogen-bond donors (Lipinski definition) is 0. The van der Waals surface area contributed by atoms with Crippen LogP contribution in [0.4, 0.5) is 4.79 Å². The van der Waals surface area contributed by atoms with Crippen molar-refractivity contribution in [3.8, 4) is 0 Å². The Balaban J connectivity index is 1.63. The van der Waals surface area contributed by atoms with Gasteiger partial charge in [0.2, 0.25) is 5.91 Å². The molecule has 3 rings (SSSR count). The first-order valence-electron chi connectivity index (χ1n) is 10.1. The van der Waals surface area contributed by atoms with E-state index in [-0.39, 0.29) is 23.0 Å². The van der Waals surface area contributed by atoms with Crippen LogP contribution in [0.25, 0.3) is 0 Å². The zero-order chi connectivity index (χ0) is 18.9. The van der Waals surface area contributed by atoms with Crippen LogP contribution in [0.1, 0.15) is 52.9 Å². The van der Waals surface area contributed by atoms with E-state index < -0.39 is 0 Å². The molecule has 1 atom stereocenters. The number of nitrogens with zero attached hydrogens (tertiary/aromatic N) is 3. The lowest BCUT2D eigenvalue weighted by Crippen LogP contribution is -2.62. The van der Waals surface area contributed by atoms with Gasteiger partial charge in [-0.1, -0.05) is 20.8 Å². The molecule has 2 amide bonds. The van der Waals surface area contributed by atoms with Crippen LogP contribution in [0.15, 0.2) is 0 Å². The number of amides is 2. The lowest BCUT2D eigenvalue weighted by atomic mass is 9.86. The summed E-state index contributed by atoms with van der Waals surface area (Å²) in [5, 5.41) is 0. The molecule has 6 nitrogen and oxygen atoms in total. The molecule has 0 aromatic rings. The van der Waals surface area contributed by atoms with Gasteiger partial charge < -0.3 is 14.5 Å². The molecule has 0 radical (unpaired) electrons. The normalized spacial score (nSPS) is 28.4. The first-order valence-corrected chi connectivity index (χ1v) is 10.1. The fourth-order valence-corrected chi connectivity index (χ4v) is 4.02. The van der Waals surface area contributed by atoms with Crippen LogP contribution in [0.2, 0.25) is 0 Å². The predicted molar refractivity (Wildman–Crippen MR) is 101 cm³/mol. The van der Waals surface area contributed by atoms with Crippen LogP contribution in [-0.2, 0) is 9.53 Å². The molecule has 6 heteroatoms. The summed E-state index contributed by atoms with van der Waals surface area (Å²) in [5.41, 5.74) is -0.134. The second-order valence-corrected chi connectivity index (χ2v) is 9.72. The van der Waals surface area contributed by atoms with E-state index in [1.54, 1.807) is 0 Å². The van der Waals surface area contributed by atoms with Crippen molar-refractivity contribution < 1.29 is 14.3 Å². The molecule has 3 aliphatic rings. The van der Waals surface area contributed by atoms with E-state index in [2.05, 4.69) is 37.6 Å². The Labute approximate surface area is 157 Å². The predicted octanol–water partition coefficient (Wildman–Crippen LogP) is 2.58. The highest BCUT2D eigenvalue weighted by Gasteiger charge is 2.44. The molecular weight excluding hydrogens is 330 g/mol. The third-order valence-corrected chi connectivity index (χ3v) is 6.07. The minimum Gasteiger partial charge on any atom is -0.449 e. The van der Waals surface area contributed by atoms with Gasteiger partial charge in [-0.2, -0.15) is 0 Å². The molecule has 0 aromatic heterocycles. The van der Waals surface area contributed by atoms with Crippen molar-refractivity contribution in [2.75, 3.05) is 46.4 Å². The van der Waals surface area contributed by atoms with Gasteiger partial charge in [0, 0.05) is 44.7 Å². The number of carbonyl (C=O) groups excluding carboxylic acids is 2. The molecule has 3 fully saturated rings. The van der Waals surface area contributed by atoms with E-state index in [0.717, 1.165) is 38.4 Å². The molecule has 0 bridgehead atoms. The number of piperazine rings is 1. The van der Waals surface area contributed by atoms with Crippen molar-refractivity contribution >= 4 is 12.0 Å². The van der Waals surface area contributed by atoms with E-state index >= 15 is 0 Å². The summed E-state index contributed by atoms with van der Waals surface area (Å²) in [6, 6.07) is 0. The minimum absolute atomic E-state index is 0.0298. The van der Waals surface area contributed by atoms with Gasteiger partial charge in [0.05, 0.1) is 6.61 Å². The van der Waals surface area contributed by atoms with Crippen molar-refractivity contribution in [1.29, 1.82) is 0 Å². The molecule has 2 aliphatic heterocycles. The van der Waals surface area contributed by atoms with E-state index in [1.165, 1.54) is 12.8 Å². The number of carbonyl (C=O) groups is 2. The fraction of sp³-hybridized carbons (Fsp3) is 0.900. The van der Waals surface area contributed by atoms with E-state index in [0.29, 0.717) is 26.1 Å². The van der Waals surface area contributed by atoms with Crippen LogP contribution in [0.5, 0.6) is 0 Å². The Morgan fingerprint density at radius 3 is 2.58 bits per heavy atom. The van der Waals surface area contributed by atoms with Gasteiger partial charge in [-0.15, -0.1) is 0 Å². The first-order chi connectivity index (χ1) is 12.2. The maximum Gasteiger partial charge on any atom is 0.409 e. The van der Waals surface area contributed by atoms with Gasteiger partial charge in [0.15, 0.2) is 0 Å². The SMILES string of the molecule is CN1CCN(C(=O)OCC(C)(C)C)CC12CCC(=O)N(CC1CC1)CC2. The maximum atomic E-state index is 12.6. The van der Waals surface area contributed by atoms with Gasteiger partial charge in [-0.25, -0.2) is 4.79 Å². The van der Waals surface area contributed by atoms with Crippen LogP contribution in [0.3, 0.4) is 0 Å². The summed E-state index contributed by atoms with van der Waals surface area (Å²) in [6.45, 7) is 10.6. The first kappa shape index (κ1) is 19.5. The van der Waals surface area contributed by atoms with Crippen LogP contribution >= 0.6 is 0 Å². The molecule has 0 aromatic carbocycles. The molecular formula is C20H35N3O3. The lowest BCUT2D eigenvalue weighted by molar-refractivity contribution is -0.130. The van der Waals surface area contributed by atoms with Crippen molar-refractivity contribution in [2.24, 2.45) is 11.3 Å². The molecule has 1 spiro atoms. The van der Waals surface area contributed by atoms with Crippen LogP contribution in [0, 0.1) is 11.3 Å². The number of hydrogen-bond acceptors (Lipinski definition) is 4. The maximum absolute atomic E-state index is 12.6. The van der Waals surface area contributed by atoms with Gasteiger partial charge >= 0.3 is 6.09 Å². The second-order valence-electron chi connectivity index (χ2n) is 9.72. The topological polar surface area (TPSA) is 53.1 Å². The molecule has 1 saturated carbocycles. The highest BCUT2D eigenvalue weighted by atomic mass is 16.6. The highest BCUT2D eigenvalue weighted by molar-refractivity contribution is 5.76. The second kappa shape index (κ2) is 7.37. The van der Waals surface area contributed by atoms with Gasteiger partial charge in [-0.05, 0) is 44.1 Å². The Hall–Kier alpha value is -1.30. The summed E-state index contributed by atoms with van der Waals surface area (Å²) >= 11 is 0. The van der Waals surface area contributed by atoms with Crippen molar-refractivity contribution in [2.45, 2.75) is 58.4 Å². The van der Waals surface area contributed by atoms with E-state index in [1.807, 2.05) is 4.90 Å². The summed E-state index contributed by atoms with van der Waals surface area (Å²) in [5.74, 6) is 1.01. The Morgan fingerprint density at radius 1 is 1.19 bits per heavy atom. The third-order valence-electron chi connectivity index (χ3n) is 6.07. The quantitative estimate of drug-likeness (QED) is 0.771. The van der Waals surface area contributed by atoms with E-state index in [9.17, 15) is 9.59 Å². The summed E-state index contributed by atoms with van der Waals surface area (Å²) in [4.78, 5) is 31.4. The Kier molecular flexibility index (Phi) is 5.52. The van der Waals surface area contributed by atoms with Crippen molar-refractivity contribution in [3.05, 3.63) is 0 Å². The highest BCUT2D eigenvalue weighted by Crippen LogP contribution is 2.35. The summed E-state index contributed by atoms with van der Waals surface area (Å²) < 4.78 is 5.54. The average Bonchev–Trinajstić information content (AvgIpc) is 3.40. The van der Waals surface area contributed by atoms with E-state index in [4.69, 9.17) is 4.74 Å². The van der Waals surface area contributed by atoms with Crippen molar-refractivity contribution in [1.82, 2.24) is 14.7 Å². The Morgan fingerprint density at radius 2 is 1.92 bits per heavy atom. The monoisotopic (exact) mass is 365 g/mol. The zero-order valence-electron chi connectivity index (χ0n) is 16.9. The number of ether oxygens (including phenoxy) is 1. The molecule has 0 N–H and O–H groups in total. The number of likely N-dealkylation sites (tertiary alicyclic amines) is 1. The summed E-state index contributed by atoms with van der Waals surface area (Å²) in [7, 11) is 2.14. The molecule has 1 aliphatic carbocycles. The number of rotatable bonds is 3. The fourth-order valence-electron chi connectivity index (χ4n) is 4.02. The minimum atomic E-state index is -0.210. The van der Waals surface area contributed by atoms with Gasteiger partial charge in [0.1, 0.15) is 0 Å². The van der Waals surface area contributed by atoms with Crippen LogP contribution in [-0.4, -0.2) is 78.6 Å². The summed E-state index contributed by atoms with van der Waals surface area (Å²) in [6.07, 6.45) is 4.67. The van der Waals surface area contributed by atoms with Gasteiger partial charge in [0.25, 0.3) is 0 Å². The average molecular weight is 366 g/mol. The van der Waals surface area contributed by atoms with Gasteiger partial charge in [-0.3, -0.25) is 9.69 Å². The third kappa shape index (κ3) is 4.70. The zero-order valence-corrected chi connectivity index (χ0v) is 16.9. The Bertz CT molecular complexity index is 541. The molecule has 26 heavy (non-hydrogen) atoms. The molecule has 2 heterocycles. The smallest absolute Gasteiger partial charge is 0.409 e. The number of likely N-dealkylation sites (N-methyl/N-ethyl adjacent to an activating group) is 1. The largest absolute Gasteiger partial charge is 0.449 e.